The fourth-order valence-corrected chi connectivity index (χ4v) is 2.19. The summed E-state index contributed by atoms with van der Waals surface area (Å²) in [4.78, 5) is 0. The van der Waals surface area contributed by atoms with Crippen LogP contribution in [0.5, 0.6) is 5.75 Å². The van der Waals surface area contributed by atoms with E-state index in [0.29, 0.717) is 0 Å². The smallest absolute Gasteiger partial charge is 0.119 e. The van der Waals surface area contributed by atoms with E-state index in [0.717, 1.165) is 24.9 Å². The minimum Gasteiger partial charge on any atom is -0.494 e. The zero-order chi connectivity index (χ0) is 13.0. The summed E-state index contributed by atoms with van der Waals surface area (Å²) in [5.41, 5.74) is 1.62. The molecule has 0 aromatic heterocycles. The van der Waals surface area contributed by atoms with E-state index < -0.39 is 0 Å². The van der Waals surface area contributed by atoms with E-state index in [4.69, 9.17) is 4.74 Å². The van der Waals surface area contributed by atoms with Gasteiger partial charge in [0.05, 0.1) is 6.61 Å². The van der Waals surface area contributed by atoms with E-state index in [1.807, 2.05) is 6.92 Å². The molecule has 1 aromatic rings. The van der Waals surface area contributed by atoms with E-state index in [1.165, 1.54) is 24.8 Å². The Morgan fingerprint density at radius 1 is 1.22 bits per heavy atom. The molecule has 0 saturated heterocycles. The van der Waals surface area contributed by atoms with Gasteiger partial charge in [-0.25, -0.2) is 0 Å². The molecule has 1 saturated carbocycles. The normalized spacial score (nSPS) is 15.7. The van der Waals surface area contributed by atoms with E-state index in [-0.39, 0.29) is 5.41 Å². The van der Waals surface area contributed by atoms with Gasteiger partial charge in [-0.3, -0.25) is 0 Å². The highest BCUT2D eigenvalue weighted by Crippen LogP contribution is 2.28. The highest BCUT2D eigenvalue weighted by atomic mass is 16.5. The summed E-state index contributed by atoms with van der Waals surface area (Å²) in [6, 6.07) is 9.36. The molecule has 1 fully saturated rings. The molecule has 0 bridgehead atoms. The Labute approximate surface area is 111 Å². The summed E-state index contributed by atoms with van der Waals surface area (Å²) >= 11 is 0. The lowest BCUT2D eigenvalue weighted by Crippen LogP contribution is -2.26. The maximum absolute atomic E-state index is 5.48. The topological polar surface area (TPSA) is 21.3 Å². The summed E-state index contributed by atoms with van der Waals surface area (Å²) in [5.74, 6) is 0.966. The van der Waals surface area contributed by atoms with Crippen molar-refractivity contribution >= 4 is 0 Å². The highest BCUT2D eigenvalue weighted by Gasteiger charge is 2.23. The van der Waals surface area contributed by atoms with Gasteiger partial charge in [-0.15, -0.1) is 0 Å². The zero-order valence-corrected chi connectivity index (χ0v) is 11.8. The molecule has 0 radical (unpaired) electrons. The third-order valence-corrected chi connectivity index (χ3v) is 3.71. The van der Waals surface area contributed by atoms with Crippen LogP contribution in [0.15, 0.2) is 24.3 Å². The quantitative estimate of drug-likeness (QED) is 0.796. The largest absolute Gasteiger partial charge is 0.494 e. The van der Waals surface area contributed by atoms with Crippen LogP contribution in [0.2, 0.25) is 0 Å². The Bertz CT molecular complexity index is 365. The second-order valence-corrected chi connectivity index (χ2v) is 5.82. The number of ether oxygens (including phenoxy) is 1. The van der Waals surface area contributed by atoms with Gasteiger partial charge in [0.1, 0.15) is 5.75 Å². The fraction of sp³-hybridized carbons (Fsp3) is 0.625. The van der Waals surface area contributed by atoms with Gasteiger partial charge in [0, 0.05) is 6.04 Å². The van der Waals surface area contributed by atoms with Crippen molar-refractivity contribution < 1.29 is 4.74 Å². The van der Waals surface area contributed by atoms with Crippen LogP contribution < -0.4 is 10.1 Å². The molecule has 18 heavy (non-hydrogen) atoms. The first kappa shape index (κ1) is 13.4. The van der Waals surface area contributed by atoms with E-state index in [2.05, 4.69) is 43.4 Å². The number of nitrogens with one attached hydrogen (secondary N) is 1. The molecule has 1 N–H and O–H groups in total. The number of hydrogen-bond donors (Lipinski definition) is 1. The summed E-state index contributed by atoms with van der Waals surface area (Å²) in [6.07, 6.45) is 3.91. The Balaban J connectivity index is 1.89. The SMILES string of the molecule is CCOc1ccc(C(C)(C)CCNC2CC2)cc1. The summed E-state index contributed by atoms with van der Waals surface area (Å²) in [5, 5.41) is 3.59. The van der Waals surface area contributed by atoms with Crippen molar-refractivity contribution in [3.63, 3.8) is 0 Å². The lowest BCUT2D eigenvalue weighted by Gasteiger charge is -2.25. The Kier molecular flexibility index (Phi) is 4.28. The molecule has 100 valence electrons. The molecular formula is C16H25NO. The lowest BCUT2D eigenvalue weighted by molar-refractivity contribution is 0.340. The maximum Gasteiger partial charge on any atom is 0.119 e. The molecule has 0 unspecified atom stereocenters. The zero-order valence-electron chi connectivity index (χ0n) is 11.8. The van der Waals surface area contributed by atoms with Crippen LogP contribution in [0.1, 0.15) is 45.6 Å². The average Bonchev–Trinajstić information content (AvgIpc) is 3.14. The van der Waals surface area contributed by atoms with Crippen LogP contribution in [0.4, 0.5) is 0 Å². The van der Waals surface area contributed by atoms with Crippen LogP contribution in [0.3, 0.4) is 0 Å². The van der Waals surface area contributed by atoms with Crippen LogP contribution in [0, 0.1) is 0 Å². The number of rotatable bonds is 7. The maximum atomic E-state index is 5.48. The van der Waals surface area contributed by atoms with Gasteiger partial charge in [-0.05, 0) is 55.8 Å². The van der Waals surface area contributed by atoms with Gasteiger partial charge >= 0.3 is 0 Å². The molecule has 0 amide bonds. The van der Waals surface area contributed by atoms with Crippen molar-refractivity contribution in [2.45, 2.75) is 51.5 Å². The first-order chi connectivity index (χ1) is 8.62. The molecule has 1 aromatic carbocycles. The van der Waals surface area contributed by atoms with Crippen LogP contribution >= 0.6 is 0 Å². The van der Waals surface area contributed by atoms with Crippen molar-refractivity contribution in [2.75, 3.05) is 13.2 Å². The molecule has 2 heteroatoms. The molecule has 0 atom stereocenters. The molecule has 0 heterocycles. The van der Waals surface area contributed by atoms with E-state index >= 15 is 0 Å². The summed E-state index contributed by atoms with van der Waals surface area (Å²) in [6.45, 7) is 8.49. The Morgan fingerprint density at radius 2 is 1.89 bits per heavy atom. The van der Waals surface area contributed by atoms with Gasteiger partial charge in [-0.1, -0.05) is 26.0 Å². The molecule has 0 spiro atoms. The molecule has 1 aliphatic carbocycles. The van der Waals surface area contributed by atoms with Crippen molar-refractivity contribution in [3.05, 3.63) is 29.8 Å². The molecule has 1 aliphatic rings. The third kappa shape index (κ3) is 3.74. The first-order valence-electron chi connectivity index (χ1n) is 7.08. The van der Waals surface area contributed by atoms with Gasteiger partial charge in [0.25, 0.3) is 0 Å². The van der Waals surface area contributed by atoms with Crippen LogP contribution in [-0.4, -0.2) is 19.2 Å². The average molecular weight is 247 g/mol. The van der Waals surface area contributed by atoms with Crippen molar-refractivity contribution in [1.29, 1.82) is 0 Å². The lowest BCUT2D eigenvalue weighted by atomic mass is 9.81. The van der Waals surface area contributed by atoms with Gasteiger partial charge in [0.15, 0.2) is 0 Å². The number of hydrogen-bond acceptors (Lipinski definition) is 2. The van der Waals surface area contributed by atoms with Crippen molar-refractivity contribution in [1.82, 2.24) is 5.32 Å². The van der Waals surface area contributed by atoms with Crippen LogP contribution in [-0.2, 0) is 5.41 Å². The van der Waals surface area contributed by atoms with Gasteiger partial charge in [0.2, 0.25) is 0 Å². The van der Waals surface area contributed by atoms with Gasteiger partial charge < -0.3 is 10.1 Å². The highest BCUT2D eigenvalue weighted by molar-refractivity contribution is 5.31. The predicted octanol–water partition coefficient (Wildman–Crippen LogP) is 3.51. The molecule has 2 rings (SSSR count). The van der Waals surface area contributed by atoms with E-state index in [1.54, 1.807) is 0 Å². The Hall–Kier alpha value is -1.02. The molecule has 2 nitrogen and oxygen atoms in total. The van der Waals surface area contributed by atoms with Gasteiger partial charge in [-0.2, -0.15) is 0 Å². The number of benzene rings is 1. The second kappa shape index (κ2) is 5.75. The Morgan fingerprint density at radius 3 is 2.44 bits per heavy atom. The summed E-state index contributed by atoms with van der Waals surface area (Å²) in [7, 11) is 0. The molecule has 0 aliphatic heterocycles. The minimum absolute atomic E-state index is 0.229. The second-order valence-electron chi connectivity index (χ2n) is 5.82. The standard InChI is InChI=1S/C16H25NO/c1-4-18-15-9-5-13(6-10-15)16(2,3)11-12-17-14-7-8-14/h5-6,9-10,14,17H,4,7-8,11-12H2,1-3H3. The molecular weight excluding hydrogens is 222 g/mol. The fourth-order valence-electron chi connectivity index (χ4n) is 2.19. The van der Waals surface area contributed by atoms with Crippen LogP contribution in [0.25, 0.3) is 0 Å². The summed E-state index contributed by atoms with van der Waals surface area (Å²) < 4.78 is 5.48. The monoisotopic (exact) mass is 247 g/mol. The first-order valence-corrected chi connectivity index (χ1v) is 7.08. The van der Waals surface area contributed by atoms with E-state index in [9.17, 15) is 0 Å². The predicted molar refractivity (Wildman–Crippen MR) is 76.3 cm³/mol. The van der Waals surface area contributed by atoms with Crippen molar-refractivity contribution in [2.24, 2.45) is 0 Å². The minimum atomic E-state index is 0.229. The van der Waals surface area contributed by atoms with Crippen molar-refractivity contribution in [3.8, 4) is 5.75 Å². The third-order valence-electron chi connectivity index (χ3n) is 3.71.